The molecule has 0 N–H and O–H groups in total. The molecule has 13 heavy (non-hydrogen) atoms. The van der Waals surface area contributed by atoms with Crippen LogP contribution in [-0.2, 0) is 0 Å². The van der Waals surface area contributed by atoms with Gasteiger partial charge in [-0.1, -0.05) is 23.2 Å². The molecule has 0 aliphatic carbocycles. The highest BCUT2D eigenvalue weighted by Crippen LogP contribution is 2.24. The van der Waals surface area contributed by atoms with Gasteiger partial charge in [-0.05, 0) is 18.2 Å². The lowest BCUT2D eigenvalue weighted by molar-refractivity contribution is 1.06. The van der Waals surface area contributed by atoms with Crippen LogP contribution in [0.1, 0.15) is 0 Å². The molecular weight excluding hydrogens is 207 g/mol. The molecule has 0 unspecified atom stereocenters. The SMILES string of the molecule is Clc1ccc(-n2c[c]nc2)cc1Cl. The summed E-state index contributed by atoms with van der Waals surface area (Å²) >= 11 is 11.6. The molecule has 0 bridgehead atoms. The van der Waals surface area contributed by atoms with Crippen LogP contribution in [0.2, 0.25) is 10.0 Å². The summed E-state index contributed by atoms with van der Waals surface area (Å²) < 4.78 is 1.81. The largest absolute Gasteiger partial charge is 0.306 e. The molecule has 0 fully saturated rings. The van der Waals surface area contributed by atoms with Crippen molar-refractivity contribution in [2.45, 2.75) is 0 Å². The van der Waals surface area contributed by atoms with Gasteiger partial charge >= 0.3 is 0 Å². The summed E-state index contributed by atoms with van der Waals surface area (Å²) in [5, 5.41) is 1.09. The maximum atomic E-state index is 5.85. The number of rotatable bonds is 1. The number of halogens is 2. The van der Waals surface area contributed by atoms with Crippen molar-refractivity contribution in [1.82, 2.24) is 9.55 Å². The van der Waals surface area contributed by atoms with E-state index in [-0.39, 0.29) is 0 Å². The molecule has 2 rings (SSSR count). The lowest BCUT2D eigenvalue weighted by Crippen LogP contribution is -1.88. The van der Waals surface area contributed by atoms with Gasteiger partial charge in [-0.3, -0.25) is 0 Å². The van der Waals surface area contributed by atoms with E-state index >= 15 is 0 Å². The van der Waals surface area contributed by atoms with Gasteiger partial charge in [0.15, 0.2) is 0 Å². The first-order chi connectivity index (χ1) is 6.27. The van der Waals surface area contributed by atoms with Crippen LogP contribution < -0.4 is 0 Å². The Kier molecular flexibility index (Phi) is 2.25. The Morgan fingerprint density at radius 1 is 1.23 bits per heavy atom. The van der Waals surface area contributed by atoms with Crippen LogP contribution in [0, 0.1) is 6.20 Å². The molecule has 0 saturated heterocycles. The third kappa shape index (κ3) is 1.69. The Morgan fingerprint density at radius 2 is 2.08 bits per heavy atom. The van der Waals surface area contributed by atoms with Gasteiger partial charge in [-0.25, -0.2) is 4.98 Å². The fourth-order valence-corrected chi connectivity index (χ4v) is 1.30. The van der Waals surface area contributed by atoms with E-state index < -0.39 is 0 Å². The van der Waals surface area contributed by atoms with E-state index in [9.17, 15) is 0 Å². The summed E-state index contributed by atoms with van der Waals surface area (Å²) in [6.07, 6.45) is 6.07. The van der Waals surface area contributed by atoms with Gasteiger partial charge in [0.05, 0.1) is 16.4 Å². The topological polar surface area (TPSA) is 17.8 Å². The normalized spacial score (nSPS) is 10.3. The number of benzene rings is 1. The quantitative estimate of drug-likeness (QED) is 0.710. The van der Waals surface area contributed by atoms with Gasteiger partial charge in [0.2, 0.25) is 0 Å². The summed E-state index contributed by atoms with van der Waals surface area (Å²) in [4.78, 5) is 3.81. The van der Waals surface area contributed by atoms with E-state index in [1.807, 2.05) is 10.6 Å². The molecule has 0 atom stereocenters. The van der Waals surface area contributed by atoms with Crippen LogP contribution in [0.15, 0.2) is 30.7 Å². The standard InChI is InChI=1S/C9H5Cl2N2/c10-8-2-1-7(5-9(8)11)13-4-3-12-6-13/h1-2,4-6H. The van der Waals surface area contributed by atoms with Gasteiger partial charge in [-0.2, -0.15) is 0 Å². The molecule has 1 aromatic carbocycles. The van der Waals surface area contributed by atoms with Crippen molar-refractivity contribution in [3.05, 3.63) is 47.0 Å². The van der Waals surface area contributed by atoms with E-state index in [1.165, 1.54) is 0 Å². The van der Waals surface area contributed by atoms with E-state index in [0.717, 1.165) is 5.69 Å². The molecule has 0 spiro atoms. The van der Waals surface area contributed by atoms with E-state index in [2.05, 4.69) is 11.2 Å². The highest BCUT2D eigenvalue weighted by molar-refractivity contribution is 6.42. The third-order valence-corrected chi connectivity index (χ3v) is 2.39. The average Bonchev–Trinajstić information content (AvgIpc) is 2.62. The summed E-state index contributed by atoms with van der Waals surface area (Å²) in [7, 11) is 0. The second kappa shape index (κ2) is 3.40. The number of hydrogen-bond donors (Lipinski definition) is 0. The minimum atomic E-state index is 0.535. The zero-order chi connectivity index (χ0) is 9.26. The van der Waals surface area contributed by atoms with Crippen LogP contribution in [0.5, 0.6) is 0 Å². The molecule has 0 aliphatic rings. The summed E-state index contributed by atoms with van der Waals surface area (Å²) in [5.74, 6) is 0. The van der Waals surface area contributed by atoms with Gasteiger partial charge in [0.1, 0.15) is 6.20 Å². The van der Waals surface area contributed by atoms with Crippen LogP contribution in [0.3, 0.4) is 0 Å². The van der Waals surface area contributed by atoms with Gasteiger partial charge in [-0.15, -0.1) is 0 Å². The first-order valence-corrected chi connectivity index (χ1v) is 4.38. The van der Waals surface area contributed by atoms with Gasteiger partial charge < -0.3 is 4.57 Å². The number of hydrogen-bond acceptors (Lipinski definition) is 1. The van der Waals surface area contributed by atoms with Crippen molar-refractivity contribution in [3.63, 3.8) is 0 Å². The summed E-state index contributed by atoms with van der Waals surface area (Å²) in [6.45, 7) is 0. The van der Waals surface area contributed by atoms with Crippen LogP contribution in [-0.4, -0.2) is 9.55 Å². The first-order valence-electron chi connectivity index (χ1n) is 3.63. The Balaban J connectivity index is 2.49. The van der Waals surface area contributed by atoms with E-state index in [0.29, 0.717) is 10.0 Å². The molecule has 4 heteroatoms. The second-order valence-electron chi connectivity index (χ2n) is 2.51. The zero-order valence-corrected chi connectivity index (χ0v) is 8.05. The molecule has 2 aromatic rings. The summed E-state index contributed by atoms with van der Waals surface area (Å²) in [5.41, 5.74) is 0.920. The van der Waals surface area contributed by atoms with Crippen molar-refractivity contribution in [3.8, 4) is 5.69 Å². The number of aromatic nitrogens is 2. The van der Waals surface area contributed by atoms with Crippen molar-refractivity contribution in [2.24, 2.45) is 0 Å². The van der Waals surface area contributed by atoms with Gasteiger partial charge in [0, 0.05) is 11.9 Å². The smallest absolute Gasteiger partial charge is 0.109 e. The second-order valence-corrected chi connectivity index (χ2v) is 3.32. The highest BCUT2D eigenvalue weighted by atomic mass is 35.5. The van der Waals surface area contributed by atoms with Crippen LogP contribution in [0.25, 0.3) is 5.69 Å². The molecule has 65 valence electrons. The van der Waals surface area contributed by atoms with Crippen LogP contribution in [0.4, 0.5) is 0 Å². The maximum absolute atomic E-state index is 5.85. The maximum Gasteiger partial charge on any atom is 0.109 e. The lowest BCUT2D eigenvalue weighted by atomic mass is 10.3. The van der Waals surface area contributed by atoms with E-state index in [1.54, 1.807) is 24.7 Å². The monoisotopic (exact) mass is 211 g/mol. The van der Waals surface area contributed by atoms with Crippen molar-refractivity contribution < 1.29 is 0 Å². The molecule has 1 radical (unpaired) electrons. The summed E-state index contributed by atoms with van der Waals surface area (Å²) in [6, 6.07) is 5.39. The predicted octanol–water partition coefficient (Wildman–Crippen LogP) is 2.98. The molecule has 0 amide bonds. The molecule has 1 aromatic heterocycles. The van der Waals surface area contributed by atoms with Crippen LogP contribution >= 0.6 is 23.2 Å². The zero-order valence-electron chi connectivity index (χ0n) is 6.54. The molecule has 0 saturated carbocycles. The fraction of sp³-hybridized carbons (Fsp3) is 0. The van der Waals surface area contributed by atoms with Crippen molar-refractivity contribution in [1.29, 1.82) is 0 Å². The number of imidazole rings is 1. The minimum Gasteiger partial charge on any atom is -0.306 e. The third-order valence-electron chi connectivity index (χ3n) is 1.65. The minimum absolute atomic E-state index is 0.535. The molecule has 0 aliphatic heterocycles. The Morgan fingerprint density at radius 3 is 2.69 bits per heavy atom. The highest BCUT2D eigenvalue weighted by Gasteiger charge is 2.00. The first kappa shape index (κ1) is 8.60. The fourth-order valence-electron chi connectivity index (χ4n) is 1.01. The predicted molar refractivity (Wildman–Crippen MR) is 52.4 cm³/mol. The molecule has 2 nitrogen and oxygen atoms in total. The van der Waals surface area contributed by atoms with Crippen molar-refractivity contribution in [2.75, 3.05) is 0 Å². The Bertz CT molecular complexity index is 410. The number of nitrogens with zero attached hydrogens (tertiary/aromatic N) is 2. The molecular formula is C9H5Cl2N2. The van der Waals surface area contributed by atoms with E-state index in [4.69, 9.17) is 23.2 Å². The molecule has 1 heterocycles. The lowest BCUT2D eigenvalue weighted by Gasteiger charge is -2.02. The Labute approximate surface area is 85.7 Å². The Hall–Kier alpha value is -0.990. The van der Waals surface area contributed by atoms with Gasteiger partial charge in [0.25, 0.3) is 0 Å². The van der Waals surface area contributed by atoms with Crippen molar-refractivity contribution >= 4 is 23.2 Å². The average molecular weight is 212 g/mol.